The first kappa shape index (κ1) is 19.8. The molecule has 25 heavy (non-hydrogen) atoms. The summed E-state index contributed by atoms with van der Waals surface area (Å²) in [6, 6.07) is 4.27. The predicted molar refractivity (Wildman–Crippen MR) is 101 cm³/mol. The topological polar surface area (TPSA) is 65.3 Å². The Labute approximate surface area is 151 Å². The average molecular weight is 351 g/mol. The first-order valence-electron chi connectivity index (χ1n) is 9.14. The fraction of sp³-hybridized carbons (Fsp3) is 0.722. The van der Waals surface area contributed by atoms with Gasteiger partial charge in [-0.1, -0.05) is 0 Å². The van der Waals surface area contributed by atoms with Gasteiger partial charge in [0, 0.05) is 40.3 Å². The molecule has 0 aliphatic carbocycles. The third-order valence-electron chi connectivity index (χ3n) is 4.60. The van der Waals surface area contributed by atoms with E-state index in [1.165, 1.54) is 12.8 Å². The van der Waals surface area contributed by atoms with Crippen LogP contribution in [0.3, 0.4) is 0 Å². The molecule has 0 radical (unpaired) electrons. The lowest BCUT2D eigenvalue weighted by atomic mass is 10.2. The molecule has 1 atom stereocenters. The van der Waals surface area contributed by atoms with E-state index in [0.29, 0.717) is 0 Å². The molecule has 0 amide bonds. The van der Waals surface area contributed by atoms with Crippen LogP contribution in [0.25, 0.3) is 0 Å². The summed E-state index contributed by atoms with van der Waals surface area (Å²) in [5.74, 6) is 1.85. The number of nitrogens with zero attached hydrogens (tertiary/aromatic N) is 3. The summed E-state index contributed by atoms with van der Waals surface area (Å²) in [5.41, 5.74) is 0. The van der Waals surface area contributed by atoms with Gasteiger partial charge < -0.3 is 24.7 Å². The maximum Gasteiger partial charge on any atom is 0.191 e. The molecule has 7 heteroatoms. The van der Waals surface area contributed by atoms with Crippen molar-refractivity contribution in [3.8, 4) is 0 Å². The van der Waals surface area contributed by atoms with Crippen LogP contribution in [0.1, 0.15) is 24.6 Å². The summed E-state index contributed by atoms with van der Waals surface area (Å²) >= 11 is 0. The minimum Gasteiger partial charge on any atom is -0.468 e. The minimum atomic E-state index is 0.250. The van der Waals surface area contributed by atoms with E-state index in [1.807, 2.05) is 13.1 Å². The first-order valence-corrected chi connectivity index (χ1v) is 9.14. The molecule has 142 valence electrons. The van der Waals surface area contributed by atoms with Gasteiger partial charge in [-0.2, -0.15) is 0 Å². The van der Waals surface area contributed by atoms with Crippen molar-refractivity contribution in [2.75, 3.05) is 67.1 Å². The highest BCUT2D eigenvalue weighted by molar-refractivity contribution is 5.79. The summed E-state index contributed by atoms with van der Waals surface area (Å²) < 4.78 is 10.8. The molecule has 0 bridgehead atoms. The fourth-order valence-electron chi connectivity index (χ4n) is 3.08. The Morgan fingerprint density at radius 2 is 2.16 bits per heavy atom. The lowest BCUT2D eigenvalue weighted by Gasteiger charge is -2.27. The molecule has 1 aliphatic rings. The molecular weight excluding hydrogens is 318 g/mol. The van der Waals surface area contributed by atoms with Crippen molar-refractivity contribution >= 4 is 5.96 Å². The van der Waals surface area contributed by atoms with E-state index in [-0.39, 0.29) is 6.04 Å². The van der Waals surface area contributed by atoms with Gasteiger partial charge in [0.1, 0.15) is 5.76 Å². The first-order chi connectivity index (χ1) is 12.2. The van der Waals surface area contributed by atoms with Crippen molar-refractivity contribution in [3.63, 3.8) is 0 Å². The summed E-state index contributed by atoms with van der Waals surface area (Å²) in [5, 5.41) is 6.82. The maximum atomic E-state index is 5.66. The second-order valence-electron chi connectivity index (χ2n) is 6.45. The average Bonchev–Trinajstić information content (AvgIpc) is 3.33. The van der Waals surface area contributed by atoms with E-state index in [4.69, 9.17) is 9.15 Å². The van der Waals surface area contributed by atoms with Crippen LogP contribution in [0.4, 0.5) is 0 Å². The van der Waals surface area contributed by atoms with E-state index >= 15 is 0 Å². The Morgan fingerprint density at radius 1 is 1.36 bits per heavy atom. The van der Waals surface area contributed by atoms with E-state index in [1.54, 1.807) is 13.4 Å². The summed E-state index contributed by atoms with van der Waals surface area (Å²) in [7, 11) is 5.63. The molecular formula is C18H33N5O2. The number of nitrogens with one attached hydrogen (secondary N) is 2. The van der Waals surface area contributed by atoms with Gasteiger partial charge in [-0.3, -0.25) is 9.89 Å². The Kier molecular flexibility index (Phi) is 8.79. The standard InChI is InChI=1S/C18H33N5O2/c1-19-18(20-8-11-22(2)12-14-24-3)21-15-16(17-7-6-13-25-17)23-9-4-5-10-23/h6-7,13,16H,4-5,8-12,14-15H2,1-3H3,(H2,19,20,21). The second kappa shape index (κ2) is 11.1. The fourth-order valence-corrected chi connectivity index (χ4v) is 3.08. The zero-order valence-corrected chi connectivity index (χ0v) is 15.8. The van der Waals surface area contributed by atoms with Gasteiger partial charge in [0.2, 0.25) is 0 Å². The highest BCUT2D eigenvalue weighted by Crippen LogP contribution is 2.24. The maximum absolute atomic E-state index is 5.66. The lowest BCUT2D eigenvalue weighted by Crippen LogP contribution is -2.44. The third kappa shape index (κ3) is 6.68. The van der Waals surface area contributed by atoms with Gasteiger partial charge in [0.15, 0.2) is 5.96 Å². The highest BCUT2D eigenvalue weighted by atomic mass is 16.5. The number of hydrogen-bond donors (Lipinski definition) is 2. The normalized spacial score (nSPS) is 17.2. The summed E-state index contributed by atoms with van der Waals surface area (Å²) in [6.45, 7) is 6.51. The Morgan fingerprint density at radius 3 is 2.80 bits per heavy atom. The molecule has 1 aromatic heterocycles. The third-order valence-corrected chi connectivity index (χ3v) is 4.60. The second-order valence-corrected chi connectivity index (χ2v) is 6.45. The van der Waals surface area contributed by atoms with Crippen LogP contribution in [-0.4, -0.2) is 82.8 Å². The van der Waals surface area contributed by atoms with Gasteiger partial charge in [0.05, 0.1) is 18.9 Å². The Bertz CT molecular complexity index is 486. The molecule has 7 nitrogen and oxygen atoms in total. The monoisotopic (exact) mass is 351 g/mol. The van der Waals surface area contributed by atoms with Gasteiger partial charge in [0.25, 0.3) is 0 Å². The molecule has 0 saturated carbocycles. The molecule has 2 rings (SSSR count). The Hall–Kier alpha value is -1.57. The van der Waals surface area contributed by atoms with Crippen LogP contribution < -0.4 is 10.6 Å². The van der Waals surface area contributed by atoms with Gasteiger partial charge in [-0.05, 0) is 45.1 Å². The molecule has 1 saturated heterocycles. The molecule has 0 aromatic carbocycles. The molecule has 1 aromatic rings. The number of likely N-dealkylation sites (tertiary alicyclic amines) is 1. The van der Waals surface area contributed by atoms with Crippen molar-refractivity contribution in [1.82, 2.24) is 20.4 Å². The van der Waals surface area contributed by atoms with E-state index in [2.05, 4.69) is 38.5 Å². The minimum absolute atomic E-state index is 0.250. The van der Waals surface area contributed by atoms with Crippen LogP contribution in [0, 0.1) is 0 Å². The zero-order valence-electron chi connectivity index (χ0n) is 15.8. The number of hydrogen-bond acceptors (Lipinski definition) is 5. The van der Waals surface area contributed by atoms with E-state index in [9.17, 15) is 0 Å². The van der Waals surface area contributed by atoms with Crippen molar-refractivity contribution in [1.29, 1.82) is 0 Å². The molecule has 1 unspecified atom stereocenters. The van der Waals surface area contributed by atoms with Crippen molar-refractivity contribution < 1.29 is 9.15 Å². The van der Waals surface area contributed by atoms with Gasteiger partial charge >= 0.3 is 0 Å². The van der Waals surface area contributed by atoms with Crippen LogP contribution in [-0.2, 0) is 4.74 Å². The predicted octanol–water partition coefficient (Wildman–Crippen LogP) is 1.16. The Balaban J connectivity index is 1.77. The van der Waals surface area contributed by atoms with Crippen LogP contribution >= 0.6 is 0 Å². The number of methoxy groups -OCH3 is 1. The van der Waals surface area contributed by atoms with Gasteiger partial charge in [-0.25, -0.2) is 0 Å². The molecule has 2 N–H and O–H groups in total. The van der Waals surface area contributed by atoms with Gasteiger partial charge in [-0.15, -0.1) is 0 Å². The molecule has 1 aliphatic heterocycles. The number of rotatable bonds is 10. The zero-order chi connectivity index (χ0) is 17.9. The van der Waals surface area contributed by atoms with Crippen LogP contribution in [0.2, 0.25) is 0 Å². The highest BCUT2D eigenvalue weighted by Gasteiger charge is 2.25. The number of ether oxygens (including phenoxy) is 1. The quantitative estimate of drug-likeness (QED) is 0.487. The number of guanidine groups is 1. The number of furan rings is 1. The lowest BCUT2D eigenvalue weighted by molar-refractivity contribution is 0.162. The van der Waals surface area contributed by atoms with Crippen molar-refractivity contribution in [2.45, 2.75) is 18.9 Å². The van der Waals surface area contributed by atoms with Crippen LogP contribution in [0.5, 0.6) is 0 Å². The van der Waals surface area contributed by atoms with E-state index in [0.717, 1.165) is 57.6 Å². The largest absolute Gasteiger partial charge is 0.468 e. The molecule has 2 heterocycles. The van der Waals surface area contributed by atoms with Crippen molar-refractivity contribution in [2.24, 2.45) is 4.99 Å². The molecule has 1 fully saturated rings. The molecule has 0 spiro atoms. The SMILES string of the molecule is CN=C(NCCN(C)CCOC)NCC(c1ccco1)N1CCCC1. The van der Waals surface area contributed by atoms with Crippen molar-refractivity contribution in [3.05, 3.63) is 24.2 Å². The van der Waals surface area contributed by atoms with Crippen LogP contribution in [0.15, 0.2) is 27.8 Å². The number of likely N-dealkylation sites (N-methyl/N-ethyl adjacent to an activating group) is 1. The van der Waals surface area contributed by atoms with E-state index < -0.39 is 0 Å². The number of aliphatic imine (C=N–C) groups is 1. The smallest absolute Gasteiger partial charge is 0.191 e. The summed E-state index contributed by atoms with van der Waals surface area (Å²) in [4.78, 5) is 9.05. The summed E-state index contributed by atoms with van der Waals surface area (Å²) in [6.07, 6.45) is 4.28.